The lowest BCUT2D eigenvalue weighted by Gasteiger charge is -2.27. The Labute approximate surface area is 140 Å². The van der Waals surface area contributed by atoms with Gasteiger partial charge in [0.1, 0.15) is 5.69 Å². The molecule has 0 aromatic carbocycles. The Balaban J connectivity index is 1.47. The van der Waals surface area contributed by atoms with E-state index in [-0.39, 0.29) is 35.4 Å². The number of imide groups is 1. The zero-order valence-corrected chi connectivity index (χ0v) is 13.6. The molecule has 6 nitrogen and oxygen atoms in total. The molecule has 0 radical (unpaired) electrons. The van der Waals surface area contributed by atoms with Crippen LogP contribution in [-0.2, 0) is 4.79 Å². The molecule has 3 amide bonds. The lowest BCUT2D eigenvalue weighted by Crippen LogP contribution is -2.43. The highest BCUT2D eigenvalue weighted by Crippen LogP contribution is 2.30. The van der Waals surface area contributed by atoms with Crippen LogP contribution in [-0.4, -0.2) is 51.6 Å². The third kappa shape index (κ3) is 2.41. The second-order valence-corrected chi connectivity index (χ2v) is 6.94. The Morgan fingerprint density at radius 1 is 1.08 bits per heavy atom. The smallest absolute Gasteiger partial charge is 0.280 e. The van der Waals surface area contributed by atoms with Crippen LogP contribution in [0.15, 0.2) is 18.3 Å². The molecule has 1 atom stereocenters. The minimum atomic E-state index is -0.326. The first kappa shape index (κ1) is 15.3. The van der Waals surface area contributed by atoms with Gasteiger partial charge in [0.25, 0.3) is 11.8 Å². The van der Waals surface area contributed by atoms with Crippen LogP contribution in [0.1, 0.15) is 59.4 Å². The van der Waals surface area contributed by atoms with Gasteiger partial charge in [-0.2, -0.15) is 0 Å². The van der Waals surface area contributed by atoms with Gasteiger partial charge in [-0.15, -0.1) is 0 Å². The highest BCUT2D eigenvalue weighted by atomic mass is 16.2. The first-order valence-electron chi connectivity index (χ1n) is 8.78. The molecule has 1 unspecified atom stereocenters. The summed E-state index contributed by atoms with van der Waals surface area (Å²) >= 11 is 0. The number of likely N-dealkylation sites (tertiary alicyclic amines) is 1. The molecule has 24 heavy (non-hydrogen) atoms. The molecule has 2 fully saturated rings. The van der Waals surface area contributed by atoms with Gasteiger partial charge in [-0.3, -0.25) is 24.3 Å². The molecule has 3 heterocycles. The van der Waals surface area contributed by atoms with Gasteiger partial charge in [-0.25, -0.2) is 0 Å². The van der Waals surface area contributed by atoms with E-state index >= 15 is 0 Å². The maximum absolute atomic E-state index is 12.7. The standard InChI is InChI=1S/C18H21N3O3/c22-16(12-5-2-1-3-6-12)20-10-8-13(11-20)21-17(23)14-7-4-9-19-15(14)18(21)24/h4,7,9,12-13H,1-3,5-6,8,10-11H2. The number of hydrogen-bond donors (Lipinski definition) is 0. The molecule has 3 aliphatic rings. The van der Waals surface area contributed by atoms with Crippen LogP contribution in [0.25, 0.3) is 0 Å². The average Bonchev–Trinajstić information content (AvgIpc) is 3.19. The molecule has 6 heteroatoms. The molecule has 0 N–H and O–H groups in total. The third-order valence-electron chi connectivity index (χ3n) is 5.47. The summed E-state index contributed by atoms with van der Waals surface area (Å²) in [6, 6.07) is 3.08. The fourth-order valence-corrected chi connectivity index (χ4v) is 4.18. The second kappa shape index (κ2) is 6.00. The zero-order valence-electron chi connectivity index (χ0n) is 13.6. The molecule has 4 rings (SSSR count). The van der Waals surface area contributed by atoms with Crippen LogP contribution in [0.2, 0.25) is 0 Å². The topological polar surface area (TPSA) is 70.6 Å². The quantitative estimate of drug-likeness (QED) is 0.777. The van der Waals surface area contributed by atoms with Gasteiger partial charge in [-0.05, 0) is 31.4 Å². The molecule has 0 spiro atoms. The fourth-order valence-electron chi connectivity index (χ4n) is 4.18. The highest BCUT2D eigenvalue weighted by Gasteiger charge is 2.44. The molecule has 1 aliphatic carbocycles. The molecular weight excluding hydrogens is 306 g/mol. The summed E-state index contributed by atoms with van der Waals surface area (Å²) in [6.07, 6.45) is 7.59. The largest absolute Gasteiger partial charge is 0.340 e. The molecule has 1 aromatic rings. The molecule has 1 aromatic heterocycles. The van der Waals surface area contributed by atoms with Crippen molar-refractivity contribution in [3.63, 3.8) is 0 Å². The number of amides is 3. The van der Waals surface area contributed by atoms with E-state index in [1.165, 1.54) is 17.5 Å². The van der Waals surface area contributed by atoms with Crippen molar-refractivity contribution in [1.29, 1.82) is 0 Å². The Morgan fingerprint density at radius 2 is 1.88 bits per heavy atom. The Morgan fingerprint density at radius 3 is 2.62 bits per heavy atom. The summed E-state index contributed by atoms with van der Waals surface area (Å²) < 4.78 is 0. The molecule has 1 saturated heterocycles. The van der Waals surface area contributed by atoms with Gasteiger partial charge in [0, 0.05) is 25.2 Å². The normalized spacial score (nSPS) is 24.6. The summed E-state index contributed by atoms with van der Waals surface area (Å²) in [7, 11) is 0. The number of hydrogen-bond acceptors (Lipinski definition) is 4. The molecule has 126 valence electrons. The second-order valence-electron chi connectivity index (χ2n) is 6.94. The van der Waals surface area contributed by atoms with E-state index in [9.17, 15) is 14.4 Å². The summed E-state index contributed by atoms with van der Waals surface area (Å²) in [5.41, 5.74) is 0.610. The van der Waals surface area contributed by atoms with Crippen molar-refractivity contribution < 1.29 is 14.4 Å². The Kier molecular flexibility index (Phi) is 3.82. The zero-order chi connectivity index (χ0) is 16.7. The summed E-state index contributed by atoms with van der Waals surface area (Å²) in [4.78, 5) is 44.9. The predicted molar refractivity (Wildman–Crippen MR) is 86.3 cm³/mol. The molecule has 2 aliphatic heterocycles. The van der Waals surface area contributed by atoms with Gasteiger partial charge in [0.2, 0.25) is 5.91 Å². The number of aromatic nitrogens is 1. The minimum absolute atomic E-state index is 0.126. The van der Waals surface area contributed by atoms with Crippen molar-refractivity contribution in [2.24, 2.45) is 5.92 Å². The molecular formula is C18H21N3O3. The molecule has 0 bridgehead atoms. The van der Waals surface area contributed by atoms with Crippen LogP contribution < -0.4 is 0 Å². The predicted octanol–water partition coefficient (Wildman–Crippen LogP) is 1.86. The van der Waals surface area contributed by atoms with Crippen molar-refractivity contribution in [3.05, 3.63) is 29.6 Å². The number of rotatable bonds is 2. The van der Waals surface area contributed by atoms with Crippen LogP contribution >= 0.6 is 0 Å². The monoisotopic (exact) mass is 327 g/mol. The lowest BCUT2D eigenvalue weighted by atomic mass is 9.88. The van der Waals surface area contributed by atoms with E-state index in [1.54, 1.807) is 12.1 Å². The van der Waals surface area contributed by atoms with Crippen LogP contribution in [0.3, 0.4) is 0 Å². The summed E-state index contributed by atoms with van der Waals surface area (Å²) in [6.45, 7) is 1.08. The maximum Gasteiger partial charge on any atom is 0.280 e. The Bertz CT molecular complexity index is 662. The summed E-state index contributed by atoms with van der Waals surface area (Å²) in [5.74, 6) is -0.277. The van der Waals surface area contributed by atoms with Crippen LogP contribution in [0, 0.1) is 5.92 Å². The van der Waals surface area contributed by atoms with Gasteiger partial charge < -0.3 is 4.90 Å². The van der Waals surface area contributed by atoms with E-state index in [2.05, 4.69) is 4.98 Å². The van der Waals surface area contributed by atoms with Crippen molar-refractivity contribution in [2.45, 2.75) is 44.6 Å². The number of carbonyl (C=O) groups is 3. The first-order chi connectivity index (χ1) is 11.7. The van der Waals surface area contributed by atoms with Crippen LogP contribution in [0.4, 0.5) is 0 Å². The third-order valence-corrected chi connectivity index (χ3v) is 5.47. The van der Waals surface area contributed by atoms with Gasteiger partial charge in [0.15, 0.2) is 0 Å². The van der Waals surface area contributed by atoms with E-state index < -0.39 is 0 Å². The van der Waals surface area contributed by atoms with Crippen molar-refractivity contribution >= 4 is 17.7 Å². The number of carbonyl (C=O) groups excluding carboxylic acids is 3. The first-order valence-corrected chi connectivity index (χ1v) is 8.78. The van der Waals surface area contributed by atoms with E-state index in [0.29, 0.717) is 25.1 Å². The van der Waals surface area contributed by atoms with Crippen molar-refractivity contribution in [3.8, 4) is 0 Å². The van der Waals surface area contributed by atoms with Crippen molar-refractivity contribution in [2.75, 3.05) is 13.1 Å². The van der Waals surface area contributed by atoms with E-state index in [0.717, 1.165) is 25.7 Å². The highest BCUT2D eigenvalue weighted by molar-refractivity contribution is 6.20. The van der Waals surface area contributed by atoms with Crippen molar-refractivity contribution in [1.82, 2.24) is 14.8 Å². The molecule has 1 saturated carbocycles. The maximum atomic E-state index is 12.7. The summed E-state index contributed by atoms with van der Waals surface area (Å²) in [5, 5.41) is 0. The Hall–Kier alpha value is -2.24. The number of nitrogens with zero attached hydrogens (tertiary/aromatic N) is 3. The number of fused-ring (bicyclic) bond motifs is 1. The average molecular weight is 327 g/mol. The lowest BCUT2D eigenvalue weighted by molar-refractivity contribution is -0.135. The SMILES string of the molecule is O=C(C1CCCCC1)N1CCC(N2C(=O)c3cccnc3C2=O)C1. The van der Waals surface area contributed by atoms with Gasteiger partial charge in [-0.1, -0.05) is 19.3 Å². The van der Waals surface area contributed by atoms with Gasteiger partial charge in [0.05, 0.1) is 11.6 Å². The van der Waals surface area contributed by atoms with Crippen LogP contribution in [0.5, 0.6) is 0 Å². The number of pyridine rings is 1. The minimum Gasteiger partial charge on any atom is -0.340 e. The fraction of sp³-hybridized carbons (Fsp3) is 0.556. The van der Waals surface area contributed by atoms with E-state index in [1.807, 2.05) is 4.90 Å². The van der Waals surface area contributed by atoms with Gasteiger partial charge >= 0.3 is 0 Å². The van der Waals surface area contributed by atoms with E-state index in [4.69, 9.17) is 0 Å².